The van der Waals surface area contributed by atoms with E-state index in [0.717, 1.165) is 18.7 Å². The molecule has 1 rings (SSSR count). The van der Waals surface area contributed by atoms with Crippen molar-refractivity contribution >= 4 is 0 Å². The Morgan fingerprint density at radius 3 is 2.62 bits per heavy atom. The molecule has 0 saturated carbocycles. The first-order chi connectivity index (χ1) is 7.44. The van der Waals surface area contributed by atoms with Crippen molar-refractivity contribution < 1.29 is 4.39 Å². The lowest BCUT2D eigenvalue weighted by Gasteiger charge is -2.22. The van der Waals surface area contributed by atoms with Gasteiger partial charge in [0.15, 0.2) is 0 Å². The van der Waals surface area contributed by atoms with Crippen LogP contribution in [0.15, 0.2) is 18.2 Å². The number of nitrogens with one attached hydrogen (secondary N) is 1. The molecule has 1 aromatic rings. The van der Waals surface area contributed by atoms with Gasteiger partial charge in [-0.1, -0.05) is 26.0 Å². The van der Waals surface area contributed by atoms with Crippen molar-refractivity contribution in [3.8, 4) is 0 Å². The number of hydrogen-bond donors (Lipinski definition) is 2. The van der Waals surface area contributed by atoms with Crippen molar-refractivity contribution in [2.45, 2.75) is 27.3 Å². The van der Waals surface area contributed by atoms with E-state index < -0.39 is 0 Å². The molecule has 0 aliphatic heterocycles. The highest BCUT2D eigenvalue weighted by atomic mass is 19.1. The first-order valence-corrected chi connectivity index (χ1v) is 5.60. The van der Waals surface area contributed by atoms with Crippen molar-refractivity contribution in [3.63, 3.8) is 0 Å². The minimum atomic E-state index is -0.147. The molecule has 0 heterocycles. The van der Waals surface area contributed by atoms with Crippen LogP contribution in [0.2, 0.25) is 0 Å². The summed E-state index contributed by atoms with van der Waals surface area (Å²) in [5.41, 5.74) is 7.54. The number of rotatable bonds is 5. The predicted molar refractivity (Wildman–Crippen MR) is 65.7 cm³/mol. The molecule has 0 aromatic heterocycles. The average molecular weight is 224 g/mol. The highest BCUT2D eigenvalue weighted by molar-refractivity contribution is 5.23. The lowest BCUT2D eigenvalue weighted by Crippen LogP contribution is -2.35. The fourth-order valence-corrected chi connectivity index (χ4v) is 1.43. The summed E-state index contributed by atoms with van der Waals surface area (Å²) in [4.78, 5) is 0. The van der Waals surface area contributed by atoms with Crippen molar-refractivity contribution in [3.05, 3.63) is 35.1 Å². The quantitative estimate of drug-likeness (QED) is 0.804. The average Bonchev–Trinajstić information content (AvgIpc) is 2.23. The third kappa shape index (κ3) is 3.91. The second-order valence-corrected chi connectivity index (χ2v) is 5.06. The number of hydrogen-bond acceptors (Lipinski definition) is 2. The SMILES string of the molecule is Cc1cc(CNCC(C)(C)CN)ccc1F. The normalized spacial score (nSPS) is 11.8. The molecule has 0 radical (unpaired) electrons. The van der Waals surface area contributed by atoms with Gasteiger partial charge in [0.05, 0.1) is 0 Å². The minimum Gasteiger partial charge on any atom is -0.330 e. The highest BCUT2D eigenvalue weighted by Crippen LogP contribution is 2.12. The summed E-state index contributed by atoms with van der Waals surface area (Å²) in [7, 11) is 0. The van der Waals surface area contributed by atoms with Gasteiger partial charge >= 0.3 is 0 Å². The lowest BCUT2D eigenvalue weighted by molar-refractivity contribution is 0.351. The summed E-state index contributed by atoms with van der Waals surface area (Å²) in [6, 6.07) is 5.20. The van der Waals surface area contributed by atoms with Gasteiger partial charge in [0.2, 0.25) is 0 Å². The Labute approximate surface area is 97.0 Å². The van der Waals surface area contributed by atoms with Gasteiger partial charge in [-0.15, -0.1) is 0 Å². The number of aryl methyl sites for hydroxylation is 1. The minimum absolute atomic E-state index is 0.106. The maximum absolute atomic E-state index is 13.0. The molecule has 1 aromatic carbocycles. The van der Waals surface area contributed by atoms with Gasteiger partial charge in [-0.3, -0.25) is 0 Å². The molecule has 90 valence electrons. The monoisotopic (exact) mass is 224 g/mol. The van der Waals surface area contributed by atoms with Crippen molar-refractivity contribution in [1.29, 1.82) is 0 Å². The molecule has 3 N–H and O–H groups in total. The summed E-state index contributed by atoms with van der Waals surface area (Å²) in [5.74, 6) is -0.147. The van der Waals surface area contributed by atoms with Crippen LogP contribution in [-0.2, 0) is 6.54 Å². The third-order valence-electron chi connectivity index (χ3n) is 2.71. The maximum atomic E-state index is 13.0. The van der Waals surface area contributed by atoms with E-state index in [0.29, 0.717) is 12.1 Å². The van der Waals surface area contributed by atoms with Crippen molar-refractivity contribution in [1.82, 2.24) is 5.32 Å². The predicted octanol–water partition coefficient (Wildman–Crippen LogP) is 2.21. The van der Waals surface area contributed by atoms with E-state index in [-0.39, 0.29) is 11.2 Å². The summed E-state index contributed by atoms with van der Waals surface area (Å²) in [5, 5.41) is 3.34. The van der Waals surface area contributed by atoms with Crippen molar-refractivity contribution in [2.24, 2.45) is 11.1 Å². The van der Waals surface area contributed by atoms with E-state index >= 15 is 0 Å². The summed E-state index contributed by atoms with van der Waals surface area (Å²) in [6.07, 6.45) is 0. The molecule has 0 aliphatic rings. The van der Waals surface area contributed by atoms with Gasteiger partial charge in [0.25, 0.3) is 0 Å². The second-order valence-electron chi connectivity index (χ2n) is 5.06. The van der Waals surface area contributed by atoms with Crippen LogP contribution < -0.4 is 11.1 Å². The topological polar surface area (TPSA) is 38.0 Å². The summed E-state index contributed by atoms with van der Waals surface area (Å²) < 4.78 is 13.0. The molecule has 0 unspecified atom stereocenters. The largest absolute Gasteiger partial charge is 0.330 e. The van der Waals surface area contributed by atoms with Crippen LogP contribution in [0.5, 0.6) is 0 Å². The molecule has 0 spiro atoms. The molecular formula is C13H21FN2. The Bertz CT molecular complexity index is 348. The van der Waals surface area contributed by atoms with Crippen LogP contribution in [0.4, 0.5) is 4.39 Å². The molecule has 3 heteroatoms. The molecule has 0 atom stereocenters. The van der Waals surface area contributed by atoms with E-state index in [2.05, 4.69) is 19.2 Å². The molecule has 0 saturated heterocycles. The first kappa shape index (κ1) is 13.1. The standard InChI is InChI=1S/C13H21FN2/c1-10-6-11(4-5-12(10)14)7-16-9-13(2,3)8-15/h4-6,16H,7-9,15H2,1-3H3. The van der Waals surface area contributed by atoms with Gasteiger partial charge in [-0.2, -0.15) is 0 Å². The molecule has 2 nitrogen and oxygen atoms in total. The van der Waals surface area contributed by atoms with E-state index in [1.54, 1.807) is 6.92 Å². The van der Waals surface area contributed by atoms with Crippen LogP contribution >= 0.6 is 0 Å². The Kier molecular flexibility index (Phi) is 4.44. The zero-order valence-electron chi connectivity index (χ0n) is 10.3. The first-order valence-electron chi connectivity index (χ1n) is 5.60. The van der Waals surface area contributed by atoms with Crippen molar-refractivity contribution in [2.75, 3.05) is 13.1 Å². The highest BCUT2D eigenvalue weighted by Gasteiger charge is 2.14. The van der Waals surface area contributed by atoms with Crippen LogP contribution in [0, 0.1) is 18.2 Å². The third-order valence-corrected chi connectivity index (χ3v) is 2.71. The fraction of sp³-hybridized carbons (Fsp3) is 0.538. The molecule has 0 aliphatic carbocycles. The number of halogens is 1. The lowest BCUT2D eigenvalue weighted by atomic mass is 9.94. The smallest absolute Gasteiger partial charge is 0.126 e. The fourth-order valence-electron chi connectivity index (χ4n) is 1.43. The van der Waals surface area contributed by atoms with E-state index in [4.69, 9.17) is 5.73 Å². The molecular weight excluding hydrogens is 203 g/mol. The van der Waals surface area contributed by atoms with Crippen LogP contribution in [-0.4, -0.2) is 13.1 Å². The van der Waals surface area contributed by atoms with E-state index in [9.17, 15) is 4.39 Å². The van der Waals surface area contributed by atoms with Gasteiger partial charge in [-0.05, 0) is 36.1 Å². The van der Waals surface area contributed by atoms with Crippen LogP contribution in [0.3, 0.4) is 0 Å². The Hall–Kier alpha value is -0.930. The molecule has 0 fully saturated rings. The number of nitrogens with two attached hydrogens (primary N) is 1. The Balaban J connectivity index is 2.46. The van der Waals surface area contributed by atoms with E-state index in [1.807, 2.05) is 12.1 Å². The zero-order chi connectivity index (χ0) is 12.2. The van der Waals surface area contributed by atoms with Crippen LogP contribution in [0.25, 0.3) is 0 Å². The maximum Gasteiger partial charge on any atom is 0.126 e. The number of benzene rings is 1. The van der Waals surface area contributed by atoms with Gasteiger partial charge < -0.3 is 11.1 Å². The molecule has 0 bridgehead atoms. The zero-order valence-corrected chi connectivity index (χ0v) is 10.3. The molecule has 0 amide bonds. The Morgan fingerprint density at radius 2 is 2.06 bits per heavy atom. The Morgan fingerprint density at radius 1 is 1.38 bits per heavy atom. The van der Waals surface area contributed by atoms with Gasteiger partial charge in [-0.25, -0.2) is 4.39 Å². The van der Waals surface area contributed by atoms with Crippen LogP contribution in [0.1, 0.15) is 25.0 Å². The summed E-state index contributed by atoms with van der Waals surface area (Å²) >= 11 is 0. The van der Waals surface area contributed by atoms with E-state index in [1.165, 1.54) is 6.07 Å². The van der Waals surface area contributed by atoms with Gasteiger partial charge in [0, 0.05) is 13.1 Å². The second kappa shape index (κ2) is 5.41. The van der Waals surface area contributed by atoms with Gasteiger partial charge in [0.1, 0.15) is 5.82 Å². The summed E-state index contributed by atoms with van der Waals surface area (Å²) in [6.45, 7) is 8.29. The molecule has 16 heavy (non-hydrogen) atoms.